The normalized spacial score (nSPS) is 16.6. The number of nitrogens with zero attached hydrogens (tertiary/aromatic N) is 3. The lowest BCUT2D eigenvalue weighted by atomic mass is 10.1. The van der Waals surface area contributed by atoms with Crippen LogP contribution >= 0.6 is 11.6 Å². The molecule has 32 heavy (non-hydrogen) atoms. The van der Waals surface area contributed by atoms with E-state index in [1.807, 2.05) is 13.8 Å². The van der Waals surface area contributed by atoms with Gasteiger partial charge in [-0.05, 0) is 49.2 Å². The average molecular weight is 479 g/mol. The highest BCUT2D eigenvalue weighted by molar-refractivity contribution is 7.89. The van der Waals surface area contributed by atoms with E-state index in [2.05, 4.69) is 10.3 Å². The predicted octanol–water partition coefficient (Wildman–Crippen LogP) is 3.54. The number of halogens is 1. The molecule has 2 amide bonds. The smallest absolute Gasteiger partial charge is 0.243 e. The average Bonchev–Trinajstić information content (AvgIpc) is 3.17. The molecule has 1 aromatic heterocycles. The third-order valence-corrected chi connectivity index (χ3v) is 7.34. The van der Waals surface area contributed by atoms with Crippen molar-refractivity contribution in [2.45, 2.75) is 38.0 Å². The van der Waals surface area contributed by atoms with E-state index < -0.39 is 15.9 Å². The quantitative estimate of drug-likeness (QED) is 0.594. The number of rotatable bonds is 9. The summed E-state index contributed by atoms with van der Waals surface area (Å²) >= 11 is 5.80. The maximum Gasteiger partial charge on any atom is 0.243 e. The zero-order valence-electron chi connectivity index (χ0n) is 18.1. The van der Waals surface area contributed by atoms with Crippen molar-refractivity contribution in [1.82, 2.24) is 9.29 Å². The molecule has 0 aliphatic carbocycles. The van der Waals surface area contributed by atoms with Crippen molar-refractivity contribution in [3.8, 4) is 0 Å². The molecule has 1 aliphatic heterocycles. The highest BCUT2D eigenvalue weighted by atomic mass is 35.5. The topological polar surface area (TPSA) is 99.7 Å². The van der Waals surface area contributed by atoms with Gasteiger partial charge in [0.15, 0.2) is 0 Å². The minimum absolute atomic E-state index is 0.0697. The SMILES string of the molecule is CCCN(CCC)S(=O)(=O)c1ccc(N2C[C@H](C(=O)Nc3ccc(Cl)cn3)CC2=O)cc1. The van der Waals surface area contributed by atoms with Crippen LogP contribution in [0.4, 0.5) is 11.5 Å². The van der Waals surface area contributed by atoms with Gasteiger partial charge in [-0.1, -0.05) is 25.4 Å². The maximum atomic E-state index is 12.9. The number of amides is 2. The molecule has 1 aliphatic rings. The Balaban J connectivity index is 1.70. The number of nitrogens with one attached hydrogen (secondary N) is 1. The van der Waals surface area contributed by atoms with Crippen LogP contribution in [0.15, 0.2) is 47.5 Å². The molecule has 1 N–H and O–H groups in total. The van der Waals surface area contributed by atoms with E-state index in [0.717, 1.165) is 12.8 Å². The van der Waals surface area contributed by atoms with E-state index in [0.29, 0.717) is 29.6 Å². The number of sulfonamides is 1. The van der Waals surface area contributed by atoms with Crippen molar-refractivity contribution >= 4 is 44.9 Å². The molecule has 0 spiro atoms. The third kappa shape index (κ3) is 5.46. The summed E-state index contributed by atoms with van der Waals surface area (Å²) in [6.45, 7) is 5.01. The van der Waals surface area contributed by atoms with Gasteiger partial charge in [-0.2, -0.15) is 4.31 Å². The van der Waals surface area contributed by atoms with Gasteiger partial charge in [0.1, 0.15) is 5.82 Å². The highest BCUT2D eigenvalue weighted by Gasteiger charge is 2.35. The van der Waals surface area contributed by atoms with E-state index >= 15 is 0 Å². The summed E-state index contributed by atoms with van der Waals surface area (Å²) in [4.78, 5) is 30.8. The summed E-state index contributed by atoms with van der Waals surface area (Å²) in [7, 11) is -3.59. The first-order chi connectivity index (χ1) is 15.3. The molecule has 10 heteroatoms. The lowest BCUT2D eigenvalue weighted by Gasteiger charge is -2.22. The van der Waals surface area contributed by atoms with Crippen molar-refractivity contribution in [3.63, 3.8) is 0 Å². The molecular formula is C22H27ClN4O4S. The van der Waals surface area contributed by atoms with E-state index in [1.54, 1.807) is 24.3 Å². The summed E-state index contributed by atoms with van der Waals surface area (Å²) in [6, 6.07) is 9.47. The molecule has 1 atom stereocenters. The second-order valence-electron chi connectivity index (χ2n) is 7.65. The minimum atomic E-state index is -3.59. The maximum absolute atomic E-state index is 12.9. The molecule has 1 aromatic carbocycles. The number of carbonyl (C=O) groups is 2. The number of hydrogen-bond donors (Lipinski definition) is 1. The van der Waals surface area contributed by atoms with Crippen LogP contribution in [0.5, 0.6) is 0 Å². The summed E-state index contributed by atoms with van der Waals surface area (Å²) < 4.78 is 27.3. The van der Waals surface area contributed by atoms with Crippen LogP contribution in [0, 0.1) is 5.92 Å². The first-order valence-electron chi connectivity index (χ1n) is 10.6. The van der Waals surface area contributed by atoms with Crippen LogP contribution in [0.3, 0.4) is 0 Å². The number of anilines is 2. The van der Waals surface area contributed by atoms with Crippen LogP contribution in [0.1, 0.15) is 33.1 Å². The first kappa shape index (κ1) is 24.2. The summed E-state index contributed by atoms with van der Waals surface area (Å²) in [5, 5.41) is 3.16. The van der Waals surface area contributed by atoms with Crippen molar-refractivity contribution < 1.29 is 18.0 Å². The van der Waals surface area contributed by atoms with Gasteiger partial charge in [0, 0.05) is 37.9 Å². The lowest BCUT2D eigenvalue weighted by molar-refractivity contribution is -0.122. The van der Waals surface area contributed by atoms with Gasteiger partial charge < -0.3 is 10.2 Å². The van der Waals surface area contributed by atoms with E-state index in [4.69, 9.17) is 11.6 Å². The molecule has 0 radical (unpaired) electrons. The molecule has 3 rings (SSSR count). The van der Waals surface area contributed by atoms with Crippen LogP contribution in [-0.4, -0.2) is 49.2 Å². The Morgan fingerprint density at radius 2 is 1.81 bits per heavy atom. The van der Waals surface area contributed by atoms with Crippen molar-refractivity contribution in [1.29, 1.82) is 0 Å². The lowest BCUT2D eigenvalue weighted by Crippen LogP contribution is -2.32. The van der Waals surface area contributed by atoms with Crippen molar-refractivity contribution in [2.24, 2.45) is 5.92 Å². The molecule has 2 aromatic rings. The van der Waals surface area contributed by atoms with Crippen LogP contribution in [0.2, 0.25) is 5.02 Å². The Morgan fingerprint density at radius 3 is 2.38 bits per heavy atom. The zero-order valence-corrected chi connectivity index (χ0v) is 19.7. The Labute approximate surface area is 193 Å². The Hall–Kier alpha value is -2.49. The number of aromatic nitrogens is 1. The van der Waals surface area contributed by atoms with Gasteiger partial charge in [0.05, 0.1) is 15.8 Å². The summed E-state index contributed by atoms with van der Waals surface area (Å²) in [6.07, 6.45) is 2.96. The van der Waals surface area contributed by atoms with Crippen molar-refractivity contribution in [3.05, 3.63) is 47.6 Å². The fraction of sp³-hybridized carbons (Fsp3) is 0.409. The summed E-state index contributed by atoms with van der Waals surface area (Å²) in [5.41, 5.74) is 0.561. The Bertz CT molecular complexity index is 1050. The van der Waals surface area contributed by atoms with Crippen LogP contribution < -0.4 is 10.2 Å². The first-order valence-corrected chi connectivity index (χ1v) is 12.4. The van der Waals surface area contributed by atoms with Crippen LogP contribution in [-0.2, 0) is 19.6 Å². The summed E-state index contributed by atoms with van der Waals surface area (Å²) in [5.74, 6) is -0.662. The van der Waals surface area contributed by atoms with Gasteiger partial charge in [0.2, 0.25) is 21.8 Å². The van der Waals surface area contributed by atoms with Gasteiger partial charge >= 0.3 is 0 Å². The fourth-order valence-electron chi connectivity index (χ4n) is 3.61. The second kappa shape index (κ2) is 10.4. The third-order valence-electron chi connectivity index (χ3n) is 5.21. The fourth-order valence-corrected chi connectivity index (χ4v) is 5.34. The molecule has 8 nitrogen and oxygen atoms in total. The second-order valence-corrected chi connectivity index (χ2v) is 10.0. The molecule has 0 unspecified atom stereocenters. The largest absolute Gasteiger partial charge is 0.312 e. The molecule has 172 valence electrons. The van der Waals surface area contributed by atoms with Gasteiger partial charge in [-0.3, -0.25) is 9.59 Å². The number of hydrogen-bond acceptors (Lipinski definition) is 5. The Morgan fingerprint density at radius 1 is 1.16 bits per heavy atom. The molecule has 1 saturated heterocycles. The monoisotopic (exact) mass is 478 g/mol. The standard InChI is InChI=1S/C22H27ClN4O4S/c1-3-11-26(12-4-2)32(30,31)19-8-6-18(7-9-19)27-15-16(13-21(27)28)22(29)25-20-10-5-17(23)14-24-20/h5-10,14,16H,3-4,11-13,15H2,1-2H3,(H,24,25,29)/t16-/m1/s1. The predicted molar refractivity (Wildman–Crippen MR) is 124 cm³/mol. The van der Waals surface area contributed by atoms with E-state index in [9.17, 15) is 18.0 Å². The van der Waals surface area contributed by atoms with Crippen molar-refractivity contribution in [2.75, 3.05) is 29.9 Å². The van der Waals surface area contributed by atoms with Gasteiger partial charge in [-0.25, -0.2) is 13.4 Å². The molecule has 1 fully saturated rings. The zero-order chi connectivity index (χ0) is 23.3. The van der Waals surface area contributed by atoms with E-state index in [-0.39, 0.29) is 29.7 Å². The van der Waals surface area contributed by atoms with Gasteiger partial charge in [-0.15, -0.1) is 0 Å². The van der Waals surface area contributed by atoms with E-state index in [1.165, 1.54) is 27.5 Å². The number of pyridine rings is 1. The van der Waals surface area contributed by atoms with Gasteiger partial charge in [0.25, 0.3) is 0 Å². The number of benzene rings is 1. The molecule has 2 heterocycles. The molecular weight excluding hydrogens is 452 g/mol. The molecule has 0 bridgehead atoms. The molecule has 0 saturated carbocycles. The number of carbonyl (C=O) groups excluding carboxylic acids is 2. The van der Waals surface area contributed by atoms with Crippen LogP contribution in [0.25, 0.3) is 0 Å². The minimum Gasteiger partial charge on any atom is -0.312 e. The highest BCUT2D eigenvalue weighted by Crippen LogP contribution is 2.28. The Kier molecular flexibility index (Phi) is 7.86.